The van der Waals surface area contributed by atoms with Gasteiger partial charge in [-0.25, -0.2) is 12.1 Å². The smallest absolute Gasteiger partial charge is 0.425 e. The molecule has 0 saturated carbocycles. The summed E-state index contributed by atoms with van der Waals surface area (Å²) >= 11 is 0. The van der Waals surface area contributed by atoms with E-state index in [1.165, 1.54) is 5.19 Å². The topological polar surface area (TPSA) is 9.23 Å². The second-order valence-corrected chi connectivity index (χ2v) is 7.00. The van der Waals surface area contributed by atoms with Crippen LogP contribution in [0.1, 0.15) is 6.92 Å². The number of rotatable bonds is 3. The van der Waals surface area contributed by atoms with Crippen molar-refractivity contribution >= 4 is 13.5 Å². The zero-order valence-electron chi connectivity index (χ0n) is 8.42. The zero-order valence-corrected chi connectivity index (χ0v) is 12.5. The van der Waals surface area contributed by atoms with E-state index in [9.17, 15) is 0 Å². The van der Waals surface area contributed by atoms with Gasteiger partial charge < -0.3 is 4.43 Å². The Morgan fingerprint density at radius 1 is 1.25 bits per heavy atom. The van der Waals surface area contributed by atoms with Crippen molar-refractivity contribution in [3.8, 4) is 0 Å². The second-order valence-electron chi connectivity index (χ2n) is 3.12. The van der Waals surface area contributed by atoms with Gasteiger partial charge in [0.05, 0.1) is 0 Å². The Balaban J connectivity index is 0.00000121. The molecule has 0 N–H and O–H groups in total. The van der Waals surface area contributed by atoms with Gasteiger partial charge in [0.25, 0.3) is 0 Å². The van der Waals surface area contributed by atoms with E-state index in [0.717, 1.165) is 6.61 Å². The third-order valence-corrected chi connectivity index (χ3v) is 4.60. The molecule has 0 fully saturated rings. The van der Waals surface area contributed by atoms with Crippen molar-refractivity contribution in [2.45, 2.75) is 20.0 Å². The fourth-order valence-electron chi connectivity index (χ4n) is 1.22. The molecular formula is C9H15KOSi. The predicted octanol–water partition coefficient (Wildman–Crippen LogP) is -1.14. The molecule has 0 bridgehead atoms. The molecule has 1 nitrogen and oxygen atoms in total. The molecule has 12 heavy (non-hydrogen) atoms. The van der Waals surface area contributed by atoms with E-state index in [2.05, 4.69) is 44.3 Å². The van der Waals surface area contributed by atoms with Crippen LogP contribution in [0.15, 0.2) is 24.3 Å². The van der Waals surface area contributed by atoms with Gasteiger partial charge in [-0.3, -0.25) is 0 Å². The summed E-state index contributed by atoms with van der Waals surface area (Å²) in [5.41, 5.74) is 0. The third kappa shape index (κ3) is 3.50. The SMILES string of the molecule is CCO[Si](C)(C)[c-]1cccc1.[K+]. The maximum absolute atomic E-state index is 5.71. The van der Waals surface area contributed by atoms with Gasteiger partial charge >= 0.3 is 51.4 Å². The molecule has 0 amide bonds. The number of hydrogen-bond acceptors (Lipinski definition) is 1. The monoisotopic (exact) mass is 206 g/mol. The molecule has 0 aliphatic rings. The van der Waals surface area contributed by atoms with Crippen molar-refractivity contribution in [1.29, 1.82) is 0 Å². The van der Waals surface area contributed by atoms with E-state index in [1.54, 1.807) is 0 Å². The summed E-state index contributed by atoms with van der Waals surface area (Å²) in [5, 5.41) is 1.39. The first-order chi connectivity index (χ1) is 5.17. The molecule has 0 saturated heterocycles. The second kappa shape index (κ2) is 5.80. The Kier molecular flexibility index (Phi) is 6.36. The maximum atomic E-state index is 5.71. The molecule has 0 aromatic heterocycles. The minimum absolute atomic E-state index is 0. The van der Waals surface area contributed by atoms with E-state index in [1.807, 2.05) is 0 Å². The molecule has 0 heterocycles. The summed E-state index contributed by atoms with van der Waals surface area (Å²) in [5.74, 6) is 0. The van der Waals surface area contributed by atoms with Crippen LogP contribution in [0.2, 0.25) is 13.1 Å². The van der Waals surface area contributed by atoms with E-state index in [0.29, 0.717) is 0 Å². The Bertz CT molecular complexity index is 206. The molecule has 3 heteroatoms. The molecule has 62 valence electrons. The normalized spacial score (nSPS) is 10.9. The fraction of sp³-hybridized carbons (Fsp3) is 0.444. The van der Waals surface area contributed by atoms with Crippen molar-refractivity contribution in [2.24, 2.45) is 0 Å². The van der Waals surface area contributed by atoms with Crippen LogP contribution in [0, 0.1) is 0 Å². The van der Waals surface area contributed by atoms with Crippen molar-refractivity contribution in [1.82, 2.24) is 0 Å². The first-order valence-corrected chi connectivity index (χ1v) is 6.94. The summed E-state index contributed by atoms with van der Waals surface area (Å²) < 4.78 is 5.71. The van der Waals surface area contributed by atoms with Gasteiger partial charge in [0.15, 0.2) is 8.32 Å². The Morgan fingerprint density at radius 2 is 1.75 bits per heavy atom. The van der Waals surface area contributed by atoms with Crippen molar-refractivity contribution < 1.29 is 55.8 Å². The summed E-state index contributed by atoms with van der Waals surface area (Å²) in [7, 11) is -1.53. The minimum Gasteiger partial charge on any atom is -0.425 e. The van der Waals surface area contributed by atoms with Crippen LogP contribution in [0.25, 0.3) is 0 Å². The molecule has 0 spiro atoms. The predicted molar refractivity (Wildman–Crippen MR) is 50.8 cm³/mol. The van der Waals surface area contributed by atoms with Crippen molar-refractivity contribution in [3.63, 3.8) is 0 Å². The molecule has 0 aliphatic heterocycles. The molecule has 1 aromatic rings. The van der Waals surface area contributed by atoms with E-state index in [4.69, 9.17) is 4.43 Å². The van der Waals surface area contributed by atoms with Crippen molar-refractivity contribution in [3.05, 3.63) is 24.3 Å². The van der Waals surface area contributed by atoms with Crippen molar-refractivity contribution in [2.75, 3.05) is 6.61 Å². The van der Waals surface area contributed by atoms with Crippen LogP contribution in [-0.4, -0.2) is 14.9 Å². The van der Waals surface area contributed by atoms with Gasteiger partial charge in [0, 0.05) is 6.61 Å². The van der Waals surface area contributed by atoms with Gasteiger partial charge in [-0.2, -0.15) is 12.1 Å². The summed E-state index contributed by atoms with van der Waals surface area (Å²) in [6, 6.07) is 8.45. The van der Waals surface area contributed by atoms with Crippen LogP contribution < -0.4 is 56.6 Å². The molecule has 0 aliphatic carbocycles. The Hall–Kier alpha value is 1.16. The van der Waals surface area contributed by atoms with E-state index >= 15 is 0 Å². The standard InChI is InChI=1S/C9H15OSi.K/c1-4-10-11(2,3)9-7-5-6-8-9;/h5-8H,4H2,1-3H3;/q-1;+1. The van der Waals surface area contributed by atoms with Crippen LogP contribution >= 0.6 is 0 Å². The van der Waals surface area contributed by atoms with Gasteiger partial charge in [-0.1, -0.05) is 13.1 Å². The first-order valence-electron chi connectivity index (χ1n) is 4.03. The summed E-state index contributed by atoms with van der Waals surface area (Å²) in [6.45, 7) is 7.33. The van der Waals surface area contributed by atoms with Crippen LogP contribution in [0.3, 0.4) is 0 Å². The average molecular weight is 206 g/mol. The van der Waals surface area contributed by atoms with Gasteiger partial charge in [-0.15, -0.1) is 5.19 Å². The molecular weight excluding hydrogens is 191 g/mol. The summed E-state index contributed by atoms with van der Waals surface area (Å²) in [4.78, 5) is 0. The minimum atomic E-state index is -1.53. The van der Waals surface area contributed by atoms with Gasteiger partial charge in [0.1, 0.15) is 0 Å². The number of hydrogen-bond donors (Lipinski definition) is 0. The third-order valence-electron chi connectivity index (χ3n) is 1.86. The quantitative estimate of drug-likeness (QED) is 0.449. The average Bonchev–Trinajstić information content (AvgIpc) is 2.37. The van der Waals surface area contributed by atoms with Gasteiger partial charge in [-0.05, 0) is 6.92 Å². The van der Waals surface area contributed by atoms with Crippen LogP contribution in [0.5, 0.6) is 0 Å². The summed E-state index contributed by atoms with van der Waals surface area (Å²) in [6.07, 6.45) is 0. The zero-order chi connectivity index (χ0) is 8.32. The van der Waals surface area contributed by atoms with E-state index < -0.39 is 8.32 Å². The fourth-order valence-corrected chi connectivity index (χ4v) is 3.10. The molecule has 0 radical (unpaired) electrons. The molecule has 0 unspecified atom stereocenters. The Morgan fingerprint density at radius 3 is 2.17 bits per heavy atom. The largest absolute Gasteiger partial charge is 1.00 e. The Labute approximate surface area is 118 Å². The van der Waals surface area contributed by atoms with Gasteiger partial charge in [0.2, 0.25) is 0 Å². The van der Waals surface area contributed by atoms with Crippen LogP contribution in [0.4, 0.5) is 0 Å². The molecule has 1 aromatic carbocycles. The maximum Gasteiger partial charge on any atom is 1.00 e. The van der Waals surface area contributed by atoms with E-state index in [-0.39, 0.29) is 51.4 Å². The van der Waals surface area contributed by atoms with Crippen LogP contribution in [-0.2, 0) is 4.43 Å². The molecule has 1 rings (SSSR count). The molecule has 0 atom stereocenters. The first kappa shape index (κ1) is 13.2.